The first kappa shape index (κ1) is 20.8. The monoisotopic (exact) mass is 429 g/mol. The second-order valence-electron chi connectivity index (χ2n) is 9.04. The fourth-order valence-electron chi connectivity index (χ4n) is 5.38. The molecule has 0 spiro atoms. The van der Waals surface area contributed by atoms with Gasteiger partial charge in [0, 0.05) is 30.2 Å². The van der Waals surface area contributed by atoms with Gasteiger partial charge < -0.3 is 5.73 Å². The molecule has 5 heteroatoms. The van der Waals surface area contributed by atoms with Crippen LogP contribution in [0.3, 0.4) is 0 Å². The van der Waals surface area contributed by atoms with Crippen molar-refractivity contribution in [3.05, 3.63) is 82.9 Å². The number of rotatable bonds is 4. The first-order valence-corrected chi connectivity index (χ1v) is 11.1. The first-order valence-electron chi connectivity index (χ1n) is 11.1. The topological polar surface area (TPSA) is 53.0 Å². The van der Waals surface area contributed by atoms with E-state index in [2.05, 4.69) is 4.90 Å². The van der Waals surface area contributed by atoms with Gasteiger partial charge in [0.25, 0.3) is 0 Å². The number of fused-ring (bicyclic) bond motifs is 2. The molecule has 0 aliphatic carbocycles. The van der Waals surface area contributed by atoms with Gasteiger partial charge in [-0.2, -0.15) is 5.26 Å². The fraction of sp³-hybridized carbons (Fsp3) is 0.296. The summed E-state index contributed by atoms with van der Waals surface area (Å²) in [5, 5.41) is 9.10. The average molecular weight is 430 g/mol. The van der Waals surface area contributed by atoms with Crippen molar-refractivity contribution in [2.24, 2.45) is 5.73 Å². The molecule has 162 valence electrons. The highest BCUT2D eigenvalue weighted by Gasteiger charge is 2.44. The zero-order valence-electron chi connectivity index (χ0n) is 18.0. The first-order chi connectivity index (χ1) is 15.4. The van der Waals surface area contributed by atoms with E-state index in [0.29, 0.717) is 28.8 Å². The minimum absolute atomic E-state index is 0.00407. The van der Waals surface area contributed by atoms with E-state index in [1.54, 1.807) is 12.1 Å². The summed E-state index contributed by atoms with van der Waals surface area (Å²) < 4.78 is 29.3. The molecule has 3 aromatic carbocycles. The standard InChI is InChI=1S/C27H25F2N3/c1-16-2-7-22(25(29)10-16)21-8-3-17(15-32-20-6-9-27(32)26(31)13-20)11-23(21)18-4-5-19(14-30)24(28)12-18/h2-5,7-8,10-12,20,26-27H,6,9,13,15,31H2,1H3/t20-,26+,27+/m1/s1. The molecule has 2 aliphatic heterocycles. The highest BCUT2D eigenvalue weighted by atomic mass is 19.1. The summed E-state index contributed by atoms with van der Waals surface area (Å²) in [5.41, 5.74) is 10.8. The number of halogens is 2. The summed E-state index contributed by atoms with van der Waals surface area (Å²) in [5.74, 6) is -0.883. The zero-order chi connectivity index (χ0) is 22.4. The lowest BCUT2D eigenvalue weighted by Crippen LogP contribution is -2.36. The Hall–Kier alpha value is -3.07. The maximum Gasteiger partial charge on any atom is 0.141 e. The summed E-state index contributed by atoms with van der Waals surface area (Å²) >= 11 is 0. The number of nitriles is 1. The molecule has 0 unspecified atom stereocenters. The molecule has 3 nitrogen and oxygen atoms in total. The van der Waals surface area contributed by atoms with E-state index in [0.717, 1.165) is 36.1 Å². The van der Waals surface area contributed by atoms with Crippen LogP contribution in [0.25, 0.3) is 22.3 Å². The molecule has 2 heterocycles. The number of nitrogens with zero attached hydrogens (tertiary/aromatic N) is 2. The third-order valence-electron chi connectivity index (χ3n) is 6.99. The second kappa shape index (κ2) is 8.12. The number of aryl methyl sites for hydroxylation is 1. The Morgan fingerprint density at radius 2 is 1.78 bits per heavy atom. The molecule has 32 heavy (non-hydrogen) atoms. The van der Waals surface area contributed by atoms with Crippen LogP contribution in [-0.2, 0) is 6.54 Å². The molecule has 0 aromatic heterocycles. The van der Waals surface area contributed by atoms with Crippen LogP contribution >= 0.6 is 0 Å². The van der Waals surface area contributed by atoms with Crippen molar-refractivity contribution >= 4 is 0 Å². The third-order valence-corrected chi connectivity index (χ3v) is 6.99. The number of nitrogens with two attached hydrogens (primary N) is 1. The predicted octanol–water partition coefficient (Wildman–Crippen LogP) is 5.54. The van der Waals surface area contributed by atoms with Crippen LogP contribution in [0.15, 0.2) is 54.6 Å². The van der Waals surface area contributed by atoms with E-state index in [1.807, 2.05) is 37.3 Å². The molecule has 0 saturated carbocycles. The third kappa shape index (κ3) is 3.60. The summed E-state index contributed by atoms with van der Waals surface area (Å²) in [6, 6.07) is 18.7. The highest BCUT2D eigenvalue weighted by molar-refractivity contribution is 5.84. The van der Waals surface area contributed by atoms with E-state index in [1.165, 1.54) is 24.6 Å². The Balaban J connectivity index is 1.59. The van der Waals surface area contributed by atoms with Crippen molar-refractivity contribution in [3.8, 4) is 28.3 Å². The van der Waals surface area contributed by atoms with Crippen molar-refractivity contribution in [2.45, 2.75) is 50.9 Å². The summed E-state index contributed by atoms with van der Waals surface area (Å²) in [6.07, 6.45) is 3.34. The van der Waals surface area contributed by atoms with Gasteiger partial charge in [-0.1, -0.05) is 30.3 Å². The molecular formula is C27H25F2N3. The zero-order valence-corrected chi connectivity index (χ0v) is 18.0. The van der Waals surface area contributed by atoms with Gasteiger partial charge in [0.15, 0.2) is 0 Å². The van der Waals surface area contributed by atoms with Crippen molar-refractivity contribution in [2.75, 3.05) is 0 Å². The Bertz CT molecular complexity index is 1230. The lowest BCUT2D eigenvalue weighted by Gasteiger charge is -2.23. The van der Waals surface area contributed by atoms with Crippen LogP contribution in [0, 0.1) is 29.9 Å². The molecule has 0 amide bonds. The molecule has 2 N–H and O–H groups in total. The van der Waals surface area contributed by atoms with E-state index < -0.39 is 5.82 Å². The normalized spacial score (nSPS) is 22.3. The van der Waals surface area contributed by atoms with Crippen molar-refractivity contribution in [1.29, 1.82) is 5.26 Å². The molecule has 3 aromatic rings. The number of benzene rings is 3. The minimum atomic E-state index is -0.575. The predicted molar refractivity (Wildman–Crippen MR) is 122 cm³/mol. The number of hydrogen-bond donors (Lipinski definition) is 1. The van der Waals surface area contributed by atoms with Crippen LogP contribution in [0.5, 0.6) is 0 Å². The van der Waals surface area contributed by atoms with E-state index in [4.69, 9.17) is 11.0 Å². The molecule has 2 fully saturated rings. The molecule has 2 saturated heterocycles. The van der Waals surface area contributed by atoms with Gasteiger partial charge in [0.2, 0.25) is 0 Å². The smallest absolute Gasteiger partial charge is 0.141 e. The van der Waals surface area contributed by atoms with Crippen LogP contribution in [-0.4, -0.2) is 23.0 Å². The molecule has 5 rings (SSSR count). The Kier molecular flexibility index (Phi) is 5.28. The van der Waals surface area contributed by atoms with Gasteiger partial charge in [-0.3, -0.25) is 4.90 Å². The van der Waals surface area contributed by atoms with Gasteiger partial charge >= 0.3 is 0 Å². The van der Waals surface area contributed by atoms with Crippen LogP contribution in [0.2, 0.25) is 0 Å². The van der Waals surface area contributed by atoms with Crippen LogP contribution in [0.1, 0.15) is 36.0 Å². The quantitative estimate of drug-likeness (QED) is 0.592. The van der Waals surface area contributed by atoms with E-state index >= 15 is 0 Å². The van der Waals surface area contributed by atoms with Crippen molar-refractivity contribution in [3.63, 3.8) is 0 Å². The highest BCUT2D eigenvalue weighted by Crippen LogP contribution is 2.40. The van der Waals surface area contributed by atoms with Gasteiger partial charge in [-0.25, -0.2) is 8.78 Å². The lowest BCUT2D eigenvalue weighted by atomic mass is 9.91. The summed E-state index contributed by atoms with van der Waals surface area (Å²) in [7, 11) is 0. The molecular weight excluding hydrogens is 404 g/mol. The van der Waals surface area contributed by atoms with Crippen LogP contribution < -0.4 is 5.73 Å². The maximum absolute atomic E-state index is 14.9. The second-order valence-corrected chi connectivity index (χ2v) is 9.04. The fourth-order valence-corrected chi connectivity index (χ4v) is 5.38. The van der Waals surface area contributed by atoms with Gasteiger partial charge in [-0.15, -0.1) is 0 Å². The Morgan fingerprint density at radius 1 is 0.969 bits per heavy atom. The Morgan fingerprint density at radius 3 is 2.44 bits per heavy atom. The van der Waals surface area contributed by atoms with Gasteiger partial charge in [0.1, 0.15) is 17.7 Å². The van der Waals surface area contributed by atoms with Crippen LogP contribution in [0.4, 0.5) is 8.78 Å². The minimum Gasteiger partial charge on any atom is -0.326 e. The van der Waals surface area contributed by atoms with E-state index in [9.17, 15) is 8.78 Å². The molecule has 2 bridgehead atoms. The van der Waals surface area contributed by atoms with E-state index in [-0.39, 0.29) is 17.4 Å². The average Bonchev–Trinajstić information content (AvgIpc) is 3.29. The Labute approximate surface area is 187 Å². The lowest BCUT2D eigenvalue weighted by molar-refractivity contribution is 0.239. The summed E-state index contributed by atoms with van der Waals surface area (Å²) in [4.78, 5) is 2.48. The SMILES string of the molecule is Cc1ccc(-c2ccc(CN3[C@@H]4CC[C@H]3[C@@H](N)C4)cc2-c2ccc(C#N)c(F)c2)c(F)c1. The molecule has 2 aliphatic rings. The largest absolute Gasteiger partial charge is 0.326 e. The van der Waals surface area contributed by atoms with Gasteiger partial charge in [0.05, 0.1) is 5.56 Å². The molecule has 0 radical (unpaired) electrons. The summed E-state index contributed by atoms with van der Waals surface area (Å²) in [6.45, 7) is 2.62. The van der Waals surface area contributed by atoms with Crippen molar-refractivity contribution in [1.82, 2.24) is 4.90 Å². The van der Waals surface area contributed by atoms with Crippen molar-refractivity contribution < 1.29 is 8.78 Å². The molecule has 3 atom stereocenters. The number of hydrogen-bond acceptors (Lipinski definition) is 3. The maximum atomic E-state index is 14.9. The van der Waals surface area contributed by atoms with Gasteiger partial charge in [-0.05, 0) is 78.3 Å².